The Bertz CT molecular complexity index is 748. The lowest BCUT2D eigenvalue weighted by Gasteiger charge is -2.34. The van der Waals surface area contributed by atoms with Crippen LogP contribution in [0.2, 0.25) is 0 Å². The van der Waals surface area contributed by atoms with Crippen LogP contribution in [0.1, 0.15) is 80.1 Å². The van der Waals surface area contributed by atoms with Crippen LogP contribution in [0.4, 0.5) is 0 Å². The molecular weight excluding hydrogens is 308 g/mol. The van der Waals surface area contributed by atoms with Crippen LogP contribution in [0.5, 0.6) is 0 Å². The largest absolute Gasteiger partial charge is 0.361 e. The summed E-state index contributed by atoms with van der Waals surface area (Å²) in [6, 6.07) is 7.02. The number of ketones is 1. The van der Waals surface area contributed by atoms with Crippen molar-refractivity contribution < 1.29 is 4.79 Å². The summed E-state index contributed by atoms with van der Waals surface area (Å²) in [5.74, 6) is 0.937. The van der Waals surface area contributed by atoms with E-state index in [1.54, 1.807) is 0 Å². The molecule has 0 saturated carbocycles. The molecule has 2 fully saturated rings. The van der Waals surface area contributed by atoms with Gasteiger partial charge in [0.1, 0.15) is 0 Å². The summed E-state index contributed by atoms with van der Waals surface area (Å²) in [6.45, 7) is 4.71. The minimum absolute atomic E-state index is 0.299. The third-order valence-corrected chi connectivity index (χ3v) is 6.30. The molecule has 2 aliphatic rings. The fraction of sp³-hybridized carbons (Fsp3) is 0.591. The maximum Gasteiger partial charge on any atom is 0.162 e. The van der Waals surface area contributed by atoms with E-state index in [0.717, 1.165) is 30.9 Å². The Labute approximate surface area is 150 Å². The monoisotopic (exact) mass is 338 g/mol. The van der Waals surface area contributed by atoms with Gasteiger partial charge in [0, 0.05) is 35.1 Å². The molecule has 2 saturated heterocycles. The number of carbonyl (C=O) groups excluding carboxylic acids is 1. The zero-order valence-corrected chi connectivity index (χ0v) is 15.4. The Morgan fingerprint density at radius 1 is 1.24 bits per heavy atom. The van der Waals surface area contributed by atoms with Crippen molar-refractivity contribution >= 4 is 16.7 Å². The third kappa shape index (κ3) is 3.39. The van der Waals surface area contributed by atoms with Gasteiger partial charge in [-0.25, -0.2) is 0 Å². The fourth-order valence-corrected chi connectivity index (χ4v) is 4.84. The summed E-state index contributed by atoms with van der Waals surface area (Å²) < 4.78 is 0. The minimum Gasteiger partial charge on any atom is -0.361 e. The lowest BCUT2D eigenvalue weighted by Crippen LogP contribution is -2.37. The number of aromatic amines is 1. The van der Waals surface area contributed by atoms with Gasteiger partial charge in [-0.05, 0) is 74.9 Å². The van der Waals surface area contributed by atoms with Gasteiger partial charge in [0.25, 0.3) is 0 Å². The second-order valence-corrected chi connectivity index (χ2v) is 7.94. The van der Waals surface area contributed by atoms with Gasteiger partial charge in [0.2, 0.25) is 0 Å². The molecule has 4 rings (SSSR count). The maximum absolute atomic E-state index is 12.5. The van der Waals surface area contributed by atoms with Crippen molar-refractivity contribution in [1.29, 1.82) is 0 Å². The van der Waals surface area contributed by atoms with Gasteiger partial charge in [0.15, 0.2) is 5.78 Å². The molecule has 3 heterocycles. The molecule has 1 aromatic carbocycles. The summed E-state index contributed by atoms with van der Waals surface area (Å²) in [6.07, 6.45) is 11.4. The number of carbonyl (C=O) groups is 1. The summed E-state index contributed by atoms with van der Waals surface area (Å²) in [5.41, 5.74) is 3.50. The number of hydrogen-bond donors (Lipinski definition) is 1. The lowest BCUT2D eigenvalue weighted by atomic mass is 9.85. The number of hydrogen-bond acceptors (Lipinski definition) is 2. The Hall–Kier alpha value is -1.61. The van der Waals surface area contributed by atoms with E-state index in [-0.39, 0.29) is 0 Å². The quantitative estimate of drug-likeness (QED) is 0.575. The van der Waals surface area contributed by atoms with Crippen LogP contribution in [0.3, 0.4) is 0 Å². The molecular formula is C22H30N2O. The van der Waals surface area contributed by atoms with Crippen molar-refractivity contribution in [2.75, 3.05) is 13.1 Å². The van der Waals surface area contributed by atoms with E-state index >= 15 is 0 Å². The molecule has 134 valence electrons. The van der Waals surface area contributed by atoms with Gasteiger partial charge in [-0.15, -0.1) is 0 Å². The SMILES string of the molecule is CCCCCC(=O)c1ccc2[nH]cc(C3CCN4CCCC4C3)c2c1. The standard InChI is InChI=1S/C22H30N2O/c1-2-3-4-7-22(25)17-8-9-21-19(14-17)20(15-23-21)16-10-12-24-11-5-6-18(24)13-16/h8-9,14-16,18,23H,2-7,10-13H2,1H3. The van der Waals surface area contributed by atoms with Crippen LogP contribution in [0.25, 0.3) is 10.9 Å². The molecule has 25 heavy (non-hydrogen) atoms. The third-order valence-electron chi connectivity index (χ3n) is 6.30. The van der Waals surface area contributed by atoms with E-state index < -0.39 is 0 Å². The summed E-state index contributed by atoms with van der Waals surface area (Å²) >= 11 is 0. The lowest BCUT2D eigenvalue weighted by molar-refractivity contribution is 0.0979. The van der Waals surface area contributed by atoms with Crippen LogP contribution in [-0.2, 0) is 0 Å². The molecule has 3 nitrogen and oxygen atoms in total. The van der Waals surface area contributed by atoms with Gasteiger partial charge in [-0.2, -0.15) is 0 Å². The van der Waals surface area contributed by atoms with E-state index in [9.17, 15) is 4.79 Å². The van der Waals surface area contributed by atoms with Gasteiger partial charge in [-0.3, -0.25) is 4.79 Å². The fourth-order valence-electron chi connectivity index (χ4n) is 4.84. The van der Waals surface area contributed by atoms with E-state index in [1.165, 1.54) is 55.2 Å². The van der Waals surface area contributed by atoms with Crippen LogP contribution >= 0.6 is 0 Å². The maximum atomic E-state index is 12.5. The predicted molar refractivity (Wildman–Crippen MR) is 103 cm³/mol. The second kappa shape index (κ2) is 7.33. The highest BCUT2D eigenvalue weighted by Gasteiger charge is 2.33. The topological polar surface area (TPSA) is 36.1 Å². The molecule has 1 aromatic heterocycles. The van der Waals surface area contributed by atoms with Crippen molar-refractivity contribution in [2.24, 2.45) is 0 Å². The molecule has 1 N–H and O–H groups in total. The Kier molecular flexibility index (Phi) is 4.93. The number of nitrogens with zero attached hydrogens (tertiary/aromatic N) is 1. The van der Waals surface area contributed by atoms with Gasteiger partial charge >= 0.3 is 0 Å². The van der Waals surface area contributed by atoms with Crippen LogP contribution in [-0.4, -0.2) is 34.8 Å². The van der Waals surface area contributed by atoms with Crippen molar-refractivity contribution in [3.05, 3.63) is 35.5 Å². The molecule has 2 atom stereocenters. The number of unbranched alkanes of at least 4 members (excludes halogenated alkanes) is 2. The van der Waals surface area contributed by atoms with Crippen molar-refractivity contribution in [1.82, 2.24) is 9.88 Å². The summed E-state index contributed by atoms with van der Waals surface area (Å²) in [5, 5.41) is 1.28. The van der Waals surface area contributed by atoms with Crippen LogP contribution in [0, 0.1) is 0 Å². The van der Waals surface area contributed by atoms with Gasteiger partial charge < -0.3 is 9.88 Å². The van der Waals surface area contributed by atoms with Gasteiger partial charge in [-0.1, -0.05) is 19.8 Å². The van der Waals surface area contributed by atoms with E-state index in [2.05, 4.69) is 35.1 Å². The number of piperidine rings is 1. The molecule has 2 aliphatic heterocycles. The Morgan fingerprint density at radius 3 is 3.04 bits per heavy atom. The zero-order chi connectivity index (χ0) is 17.2. The number of fused-ring (bicyclic) bond motifs is 2. The van der Waals surface area contributed by atoms with Crippen molar-refractivity contribution in [3.63, 3.8) is 0 Å². The molecule has 2 aromatic rings. The zero-order valence-electron chi connectivity index (χ0n) is 15.4. The number of Topliss-reactive ketones (excluding diaryl/α,β-unsaturated/α-hetero) is 1. The van der Waals surface area contributed by atoms with Gasteiger partial charge in [0.05, 0.1) is 0 Å². The number of nitrogens with one attached hydrogen (secondary N) is 1. The molecule has 0 amide bonds. The summed E-state index contributed by atoms with van der Waals surface area (Å²) in [7, 11) is 0. The van der Waals surface area contributed by atoms with Crippen molar-refractivity contribution in [2.45, 2.75) is 70.3 Å². The smallest absolute Gasteiger partial charge is 0.162 e. The van der Waals surface area contributed by atoms with E-state index in [0.29, 0.717) is 18.1 Å². The Balaban J connectivity index is 1.55. The number of benzene rings is 1. The number of rotatable bonds is 6. The first-order chi connectivity index (χ1) is 12.3. The first-order valence-corrected chi connectivity index (χ1v) is 10.1. The highest BCUT2D eigenvalue weighted by molar-refractivity contribution is 6.00. The predicted octanol–water partition coefficient (Wildman–Crippen LogP) is 5.27. The number of H-pyrrole nitrogens is 1. The molecule has 2 unspecified atom stereocenters. The second-order valence-electron chi connectivity index (χ2n) is 7.94. The molecule has 0 spiro atoms. The van der Waals surface area contributed by atoms with E-state index in [4.69, 9.17) is 0 Å². The average Bonchev–Trinajstić information content (AvgIpc) is 3.27. The molecule has 0 radical (unpaired) electrons. The first-order valence-electron chi connectivity index (χ1n) is 10.1. The van der Waals surface area contributed by atoms with E-state index in [1.807, 2.05) is 6.07 Å². The molecule has 0 bridgehead atoms. The summed E-state index contributed by atoms with van der Waals surface area (Å²) in [4.78, 5) is 18.6. The van der Waals surface area contributed by atoms with Crippen molar-refractivity contribution in [3.8, 4) is 0 Å². The van der Waals surface area contributed by atoms with Crippen LogP contribution < -0.4 is 0 Å². The number of aromatic nitrogens is 1. The highest BCUT2D eigenvalue weighted by Crippen LogP contribution is 2.39. The first kappa shape index (κ1) is 16.8. The molecule has 3 heteroatoms. The highest BCUT2D eigenvalue weighted by atomic mass is 16.1. The van der Waals surface area contributed by atoms with Crippen LogP contribution in [0.15, 0.2) is 24.4 Å². The minimum atomic E-state index is 0.299. The normalized spacial score (nSPS) is 23.9. The average molecular weight is 338 g/mol. The Morgan fingerprint density at radius 2 is 2.16 bits per heavy atom. The molecule has 0 aliphatic carbocycles.